The molecule has 0 spiro atoms. The number of non-ortho nitro benzene ring substituents is 1. The highest BCUT2D eigenvalue weighted by molar-refractivity contribution is 6.46. The summed E-state index contributed by atoms with van der Waals surface area (Å²) in [6.45, 7) is 0. The molecule has 132 valence electrons. The summed E-state index contributed by atoms with van der Waals surface area (Å²) in [5.41, 5.74) is 0.543. The molecule has 2 aromatic rings. The number of Topliss-reactive ketones (excluding diaryl/α,β-unsaturated/α-hetero) is 1. The molecule has 0 aromatic heterocycles. The molecule has 0 saturated carbocycles. The number of carbonyl (C=O) groups is 2. The van der Waals surface area contributed by atoms with E-state index in [2.05, 4.69) is 5.32 Å². The van der Waals surface area contributed by atoms with E-state index in [0.717, 1.165) is 0 Å². The van der Waals surface area contributed by atoms with E-state index in [1.807, 2.05) is 0 Å². The number of carbonyl (C=O) groups excluding carboxylic acids is 2. The zero-order valence-corrected chi connectivity index (χ0v) is 13.6. The molecule has 8 heteroatoms. The molecule has 1 saturated heterocycles. The van der Waals surface area contributed by atoms with Gasteiger partial charge in [0.2, 0.25) is 0 Å². The summed E-state index contributed by atoms with van der Waals surface area (Å²) in [6.07, 6.45) is 0. The molecule has 1 atom stereocenters. The van der Waals surface area contributed by atoms with Gasteiger partial charge >= 0.3 is 0 Å². The number of methoxy groups -OCH3 is 1. The number of nitrogens with one attached hydrogen (secondary N) is 1. The van der Waals surface area contributed by atoms with Crippen molar-refractivity contribution in [1.29, 1.82) is 0 Å². The van der Waals surface area contributed by atoms with E-state index in [4.69, 9.17) is 4.74 Å². The maximum absolute atomic E-state index is 12.2. The van der Waals surface area contributed by atoms with E-state index in [1.165, 1.54) is 31.4 Å². The molecular weight excluding hydrogens is 340 g/mol. The van der Waals surface area contributed by atoms with Crippen LogP contribution in [0.3, 0.4) is 0 Å². The lowest BCUT2D eigenvalue weighted by molar-refractivity contribution is -0.384. The van der Waals surface area contributed by atoms with Crippen molar-refractivity contribution in [3.05, 3.63) is 75.3 Å². The van der Waals surface area contributed by atoms with E-state index in [-0.39, 0.29) is 16.8 Å². The summed E-state index contributed by atoms with van der Waals surface area (Å²) < 4.78 is 5.08. The highest BCUT2D eigenvalue weighted by atomic mass is 16.6. The highest BCUT2D eigenvalue weighted by Gasteiger charge is 2.39. The zero-order valence-electron chi connectivity index (χ0n) is 13.6. The number of ketones is 1. The molecule has 3 rings (SSSR count). The number of nitro benzene ring substituents is 1. The van der Waals surface area contributed by atoms with Crippen LogP contribution in [0.4, 0.5) is 5.69 Å². The Hall–Kier alpha value is -3.68. The lowest BCUT2D eigenvalue weighted by Gasteiger charge is -2.14. The lowest BCUT2D eigenvalue weighted by Crippen LogP contribution is -2.21. The van der Waals surface area contributed by atoms with Gasteiger partial charge in [0.15, 0.2) is 0 Å². The van der Waals surface area contributed by atoms with Crippen molar-refractivity contribution in [2.45, 2.75) is 6.04 Å². The van der Waals surface area contributed by atoms with E-state index in [9.17, 15) is 24.8 Å². The summed E-state index contributed by atoms with van der Waals surface area (Å²) in [5.74, 6) is -1.46. The number of ether oxygens (including phenoxy) is 1. The van der Waals surface area contributed by atoms with E-state index < -0.39 is 28.4 Å². The Morgan fingerprint density at radius 2 is 1.73 bits per heavy atom. The third-order valence-electron chi connectivity index (χ3n) is 4.07. The number of aliphatic hydroxyl groups excluding tert-OH is 1. The first-order valence-corrected chi connectivity index (χ1v) is 7.59. The molecule has 26 heavy (non-hydrogen) atoms. The summed E-state index contributed by atoms with van der Waals surface area (Å²) >= 11 is 0. The molecule has 0 aliphatic carbocycles. The molecule has 0 bridgehead atoms. The molecule has 1 unspecified atom stereocenters. The Labute approximate surface area is 147 Å². The van der Waals surface area contributed by atoms with Crippen molar-refractivity contribution in [2.24, 2.45) is 0 Å². The van der Waals surface area contributed by atoms with Crippen LogP contribution in [0.1, 0.15) is 17.2 Å². The third kappa shape index (κ3) is 3.00. The number of aliphatic hydroxyl groups is 1. The number of nitro groups is 1. The number of amides is 1. The van der Waals surface area contributed by atoms with Crippen molar-refractivity contribution in [1.82, 2.24) is 5.32 Å². The minimum Gasteiger partial charge on any atom is -0.507 e. The Balaban J connectivity index is 2.04. The maximum Gasteiger partial charge on any atom is 0.293 e. The van der Waals surface area contributed by atoms with Crippen LogP contribution in [0, 0.1) is 10.1 Å². The SMILES string of the molecule is COc1ccc(C2NC(=O)C(=O)/C2=C(/O)c2ccc([N+](=O)[O-])cc2)cc1. The van der Waals surface area contributed by atoms with Crippen molar-refractivity contribution < 1.29 is 24.4 Å². The van der Waals surface area contributed by atoms with Crippen molar-refractivity contribution in [3.63, 3.8) is 0 Å². The van der Waals surface area contributed by atoms with Gasteiger partial charge in [0.1, 0.15) is 11.5 Å². The molecular formula is C18H14N2O6. The maximum atomic E-state index is 12.2. The number of hydrogen-bond donors (Lipinski definition) is 2. The molecule has 2 N–H and O–H groups in total. The Kier molecular flexibility index (Phi) is 4.40. The standard InChI is InChI=1S/C18H14N2O6/c1-26-13-8-4-10(5-9-13)15-14(17(22)18(23)19-15)16(21)11-2-6-12(7-3-11)20(24)25/h2-9,15,21H,1H3,(H,19,23)/b16-14+. The fourth-order valence-corrected chi connectivity index (χ4v) is 2.71. The van der Waals surface area contributed by atoms with Gasteiger partial charge in [-0.25, -0.2) is 0 Å². The smallest absolute Gasteiger partial charge is 0.293 e. The molecule has 1 amide bonds. The van der Waals surface area contributed by atoms with Crippen LogP contribution in [0.15, 0.2) is 54.1 Å². The fraction of sp³-hybridized carbons (Fsp3) is 0.111. The van der Waals surface area contributed by atoms with Crippen molar-refractivity contribution >= 4 is 23.1 Å². The number of hydrogen-bond acceptors (Lipinski definition) is 6. The van der Waals surface area contributed by atoms with Crippen LogP contribution >= 0.6 is 0 Å². The van der Waals surface area contributed by atoms with Gasteiger partial charge in [0.05, 0.1) is 23.6 Å². The largest absolute Gasteiger partial charge is 0.507 e. The molecule has 1 heterocycles. The molecule has 1 aliphatic heterocycles. The van der Waals surface area contributed by atoms with E-state index >= 15 is 0 Å². The molecule has 1 aliphatic rings. The van der Waals surface area contributed by atoms with Gasteiger partial charge < -0.3 is 15.2 Å². The van der Waals surface area contributed by atoms with Gasteiger partial charge in [-0.05, 0) is 29.8 Å². The Morgan fingerprint density at radius 1 is 1.12 bits per heavy atom. The average Bonchev–Trinajstić information content (AvgIpc) is 2.96. The van der Waals surface area contributed by atoms with Gasteiger partial charge in [0.25, 0.3) is 17.4 Å². The predicted molar refractivity (Wildman–Crippen MR) is 91.5 cm³/mol. The van der Waals surface area contributed by atoms with Gasteiger partial charge in [-0.1, -0.05) is 12.1 Å². The van der Waals surface area contributed by atoms with Gasteiger partial charge in [-0.3, -0.25) is 19.7 Å². The van der Waals surface area contributed by atoms with Crippen LogP contribution in [0.5, 0.6) is 5.75 Å². The lowest BCUT2D eigenvalue weighted by atomic mass is 9.96. The van der Waals surface area contributed by atoms with Crippen LogP contribution < -0.4 is 10.1 Å². The predicted octanol–water partition coefficient (Wildman–Crippen LogP) is 2.31. The first-order chi connectivity index (χ1) is 12.4. The van der Waals surface area contributed by atoms with Crippen molar-refractivity contribution in [3.8, 4) is 5.75 Å². The number of benzene rings is 2. The fourth-order valence-electron chi connectivity index (χ4n) is 2.71. The highest BCUT2D eigenvalue weighted by Crippen LogP contribution is 2.33. The van der Waals surface area contributed by atoms with Crippen LogP contribution in [0.25, 0.3) is 5.76 Å². The quantitative estimate of drug-likeness (QED) is 0.286. The summed E-state index contributed by atoms with van der Waals surface area (Å²) in [6, 6.07) is 10.9. The zero-order chi connectivity index (χ0) is 18.8. The second-order valence-electron chi connectivity index (χ2n) is 5.58. The van der Waals surface area contributed by atoms with E-state index in [0.29, 0.717) is 11.3 Å². The van der Waals surface area contributed by atoms with Gasteiger partial charge in [-0.2, -0.15) is 0 Å². The van der Waals surface area contributed by atoms with Crippen LogP contribution in [-0.2, 0) is 9.59 Å². The summed E-state index contributed by atoms with van der Waals surface area (Å²) in [7, 11) is 1.52. The monoisotopic (exact) mass is 354 g/mol. The molecule has 2 aromatic carbocycles. The second-order valence-corrected chi connectivity index (χ2v) is 5.58. The van der Waals surface area contributed by atoms with Gasteiger partial charge in [-0.15, -0.1) is 0 Å². The Morgan fingerprint density at radius 3 is 2.27 bits per heavy atom. The van der Waals surface area contributed by atoms with Gasteiger partial charge in [0, 0.05) is 17.7 Å². The number of rotatable bonds is 4. The van der Waals surface area contributed by atoms with Crippen molar-refractivity contribution in [2.75, 3.05) is 7.11 Å². The minimum absolute atomic E-state index is 0.103. The minimum atomic E-state index is -0.846. The first-order valence-electron chi connectivity index (χ1n) is 7.59. The third-order valence-corrected chi connectivity index (χ3v) is 4.07. The molecule has 8 nitrogen and oxygen atoms in total. The topological polar surface area (TPSA) is 119 Å². The number of nitrogens with zero attached hydrogens (tertiary/aromatic N) is 1. The van der Waals surface area contributed by atoms with Crippen LogP contribution in [-0.4, -0.2) is 28.8 Å². The van der Waals surface area contributed by atoms with Crippen LogP contribution in [0.2, 0.25) is 0 Å². The molecule has 1 fully saturated rings. The molecule has 0 radical (unpaired) electrons. The second kappa shape index (κ2) is 6.67. The normalized spacial score (nSPS) is 18.4. The Bertz CT molecular complexity index is 916. The first kappa shape index (κ1) is 17.2. The summed E-state index contributed by atoms with van der Waals surface area (Å²) in [4.78, 5) is 34.3. The average molecular weight is 354 g/mol. The summed E-state index contributed by atoms with van der Waals surface area (Å²) in [5, 5.41) is 23.8. The van der Waals surface area contributed by atoms with E-state index in [1.54, 1.807) is 24.3 Å².